The molecule has 0 radical (unpaired) electrons. The monoisotopic (exact) mass is 334 g/mol. The normalized spacial score (nSPS) is 16.8. The number of nitrogens with zero attached hydrogens (tertiary/aromatic N) is 2. The van der Waals surface area contributed by atoms with E-state index >= 15 is 0 Å². The van der Waals surface area contributed by atoms with Crippen LogP contribution < -0.4 is 4.74 Å². The van der Waals surface area contributed by atoms with Crippen molar-refractivity contribution in [2.45, 2.75) is 38.7 Å². The number of benzene rings is 1. The van der Waals surface area contributed by atoms with E-state index in [-0.39, 0.29) is 5.91 Å². The molecule has 0 aromatic heterocycles. The van der Waals surface area contributed by atoms with Gasteiger partial charge in [0.15, 0.2) is 0 Å². The Morgan fingerprint density at radius 1 is 1.17 bits per heavy atom. The van der Waals surface area contributed by atoms with Crippen LogP contribution in [0.4, 0.5) is 0 Å². The summed E-state index contributed by atoms with van der Waals surface area (Å²) in [6, 6.07) is 7.89. The Morgan fingerprint density at radius 3 is 2.50 bits per heavy atom. The number of hydrogen-bond acceptors (Lipinski definition) is 4. The Hall–Kier alpha value is -1.59. The summed E-state index contributed by atoms with van der Waals surface area (Å²) in [5, 5.41) is 9.95. The average Bonchev–Trinajstić information content (AvgIpc) is 2.77. The molecule has 1 fully saturated rings. The lowest BCUT2D eigenvalue weighted by Gasteiger charge is -2.27. The van der Waals surface area contributed by atoms with Crippen LogP contribution in [0.1, 0.15) is 32.3 Å². The van der Waals surface area contributed by atoms with E-state index in [1.807, 2.05) is 43.0 Å². The van der Waals surface area contributed by atoms with Gasteiger partial charge >= 0.3 is 0 Å². The van der Waals surface area contributed by atoms with Gasteiger partial charge in [0.05, 0.1) is 12.7 Å². The summed E-state index contributed by atoms with van der Waals surface area (Å²) in [6.07, 6.45) is 2.26. The van der Waals surface area contributed by atoms with Crippen LogP contribution in [-0.4, -0.2) is 66.2 Å². The Kier molecular flexibility index (Phi) is 6.63. The number of aliphatic hydroxyl groups is 1. The van der Waals surface area contributed by atoms with Crippen molar-refractivity contribution in [3.63, 3.8) is 0 Å². The molecule has 2 rings (SSSR count). The second-order valence-corrected chi connectivity index (χ2v) is 7.17. The van der Waals surface area contributed by atoms with Crippen molar-refractivity contribution in [2.24, 2.45) is 0 Å². The van der Waals surface area contributed by atoms with Crippen LogP contribution in [0.15, 0.2) is 24.3 Å². The summed E-state index contributed by atoms with van der Waals surface area (Å²) in [4.78, 5) is 16.7. The molecule has 1 aromatic carbocycles. The smallest absolute Gasteiger partial charge is 0.222 e. The lowest BCUT2D eigenvalue weighted by Crippen LogP contribution is -2.41. The quantitative estimate of drug-likeness (QED) is 0.864. The molecular formula is C19H30N2O3. The van der Waals surface area contributed by atoms with Crippen molar-refractivity contribution >= 4 is 5.91 Å². The molecule has 1 aliphatic rings. The van der Waals surface area contributed by atoms with Gasteiger partial charge in [-0.15, -0.1) is 0 Å². The summed E-state index contributed by atoms with van der Waals surface area (Å²) < 4.78 is 5.15. The van der Waals surface area contributed by atoms with Crippen LogP contribution in [0.5, 0.6) is 5.75 Å². The zero-order chi connectivity index (χ0) is 17.6. The van der Waals surface area contributed by atoms with Crippen molar-refractivity contribution in [3.8, 4) is 5.75 Å². The van der Waals surface area contributed by atoms with Gasteiger partial charge < -0.3 is 14.7 Å². The van der Waals surface area contributed by atoms with E-state index in [0.29, 0.717) is 13.0 Å². The summed E-state index contributed by atoms with van der Waals surface area (Å²) in [5.41, 5.74) is 0.468. The lowest BCUT2D eigenvalue weighted by molar-refractivity contribution is -0.131. The van der Waals surface area contributed by atoms with Gasteiger partial charge in [-0.2, -0.15) is 0 Å². The Balaban J connectivity index is 1.79. The minimum absolute atomic E-state index is 0.218. The van der Waals surface area contributed by atoms with Crippen LogP contribution in [0.2, 0.25) is 0 Å². The molecule has 0 saturated carbocycles. The molecule has 5 heteroatoms. The predicted octanol–water partition coefficient (Wildman–Crippen LogP) is 1.93. The minimum atomic E-state index is -0.687. The van der Waals surface area contributed by atoms with Crippen LogP contribution >= 0.6 is 0 Å². The molecule has 0 atom stereocenters. The van der Waals surface area contributed by atoms with Crippen molar-refractivity contribution in [1.29, 1.82) is 0 Å². The number of aryl methyl sites for hydroxylation is 1. The van der Waals surface area contributed by atoms with Gasteiger partial charge in [-0.3, -0.25) is 9.69 Å². The van der Waals surface area contributed by atoms with Gasteiger partial charge in [-0.05, 0) is 44.4 Å². The zero-order valence-electron chi connectivity index (χ0n) is 15.1. The molecule has 0 bridgehead atoms. The summed E-state index contributed by atoms with van der Waals surface area (Å²) in [5.74, 6) is 1.06. The average molecular weight is 334 g/mol. The highest BCUT2D eigenvalue weighted by molar-refractivity contribution is 5.76. The molecule has 1 aromatic rings. The fourth-order valence-electron chi connectivity index (χ4n) is 3.13. The number of carbonyl (C=O) groups is 1. The number of hydrogen-bond donors (Lipinski definition) is 1. The molecule has 0 unspecified atom stereocenters. The summed E-state index contributed by atoms with van der Waals surface area (Å²) in [7, 11) is 1.65. The third-order valence-electron chi connectivity index (χ3n) is 4.34. The summed E-state index contributed by atoms with van der Waals surface area (Å²) >= 11 is 0. The van der Waals surface area contributed by atoms with Crippen molar-refractivity contribution in [3.05, 3.63) is 29.8 Å². The molecule has 24 heavy (non-hydrogen) atoms. The molecule has 134 valence electrons. The first-order valence-electron chi connectivity index (χ1n) is 8.73. The van der Waals surface area contributed by atoms with Crippen LogP contribution in [-0.2, 0) is 11.2 Å². The van der Waals surface area contributed by atoms with Gasteiger partial charge in [-0.25, -0.2) is 0 Å². The first-order valence-corrected chi connectivity index (χ1v) is 8.73. The molecule has 0 spiro atoms. The highest BCUT2D eigenvalue weighted by Gasteiger charge is 2.23. The molecule has 1 N–H and O–H groups in total. The maximum absolute atomic E-state index is 12.5. The molecule has 1 aliphatic heterocycles. The number of amides is 1. The topological polar surface area (TPSA) is 53.0 Å². The van der Waals surface area contributed by atoms with Crippen molar-refractivity contribution in [2.75, 3.05) is 39.8 Å². The molecule has 1 saturated heterocycles. The third kappa shape index (κ3) is 6.13. The minimum Gasteiger partial charge on any atom is -0.497 e. The highest BCUT2D eigenvalue weighted by Crippen LogP contribution is 2.14. The molecular weight excluding hydrogens is 304 g/mol. The van der Waals surface area contributed by atoms with E-state index in [1.165, 1.54) is 0 Å². The lowest BCUT2D eigenvalue weighted by atomic mass is 10.1. The van der Waals surface area contributed by atoms with E-state index in [1.54, 1.807) is 7.11 Å². The van der Waals surface area contributed by atoms with Gasteiger partial charge in [0, 0.05) is 39.1 Å². The molecule has 1 amide bonds. The fourth-order valence-corrected chi connectivity index (χ4v) is 3.13. The number of ether oxygens (including phenoxy) is 1. The number of β-amino-alcohol motifs (C(OH)–C–C–N with tert-alkyl or cyclic N) is 1. The van der Waals surface area contributed by atoms with Crippen molar-refractivity contribution < 1.29 is 14.6 Å². The first kappa shape index (κ1) is 18.7. The second kappa shape index (κ2) is 8.49. The van der Waals surface area contributed by atoms with Gasteiger partial charge in [0.1, 0.15) is 5.75 Å². The van der Waals surface area contributed by atoms with E-state index in [9.17, 15) is 9.90 Å². The Bertz CT molecular complexity index is 522. The third-order valence-corrected chi connectivity index (χ3v) is 4.34. The van der Waals surface area contributed by atoms with Gasteiger partial charge in [0.25, 0.3) is 0 Å². The van der Waals surface area contributed by atoms with E-state index in [0.717, 1.165) is 50.3 Å². The molecule has 5 nitrogen and oxygen atoms in total. The maximum atomic E-state index is 12.5. The Morgan fingerprint density at radius 2 is 1.88 bits per heavy atom. The van der Waals surface area contributed by atoms with Crippen molar-refractivity contribution in [1.82, 2.24) is 9.80 Å². The SMILES string of the molecule is COc1ccc(CCC(=O)N2CCCN(CC(C)(C)O)CC2)cc1. The van der Waals surface area contributed by atoms with Gasteiger partial charge in [-0.1, -0.05) is 12.1 Å². The fraction of sp³-hybridized carbons (Fsp3) is 0.632. The molecule has 0 aliphatic carbocycles. The van der Waals surface area contributed by atoms with E-state index in [4.69, 9.17) is 4.74 Å². The first-order chi connectivity index (χ1) is 11.4. The highest BCUT2D eigenvalue weighted by atomic mass is 16.5. The number of carbonyl (C=O) groups excluding carboxylic acids is 1. The Labute approximate surface area is 145 Å². The van der Waals surface area contributed by atoms with Crippen LogP contribution in [0.25, 0.3) is 0 Å². The zero-order valence-corrected chi connectivity index (χ0v) is 15.1. The summed E-state index contributed by atoms with van der Waals surface area (Å²) in [6.45, 7) is 7.64. The van der Waals surface area contributed by atoms with Gasteiger partial charge in [0.2, 0.25) is 5.91 Å². The van der Waals surface area contributed by atoms with E-state index in [2.05, 4.69) is 4.90 Å². The predicted molar refractivity (Wildman–Crippen MR) is 95.2 cm³/mol. The molecule has 1 heterocycles. The van der Waals surface area contributed by atoms with Crippen LogP contribution in [0, 0.1) is 0 Å². The standard InChI is InChI=1S/C19H30N2O3/c1-19(2,23)15-20-11-4-12-21(14-13-20)18(22)10-7-16-5-8-17(24-3)9-6-16/h5-6,8-9,23H,4,7,10-15H2,1-3H3. The number of rotatable bonds is 6. The number of methoxy groups -OCH3 is 1. The largest absolute Gasteiger partial charge is 0.497 e. The maximum Gasteiger partial charge on any atom is 0.222 e. The van der Waals surface area contributed by atoms with Crippen LogP contribution in [0.3, 0.4) is 0 Å². The second-order valence-electron chi connectivity index (χ2n) is 7.17. The van der Waals surface area contributed by atoms with E-state index < -0.39 is 5.60 Å².